The Kier molecular flexibility index (Phi) is 6.52. The van der Waals surface area contributed by atoms with Crippen LogP contribution in [0.15, 0.2) is 53.0 Å². The monoisotopic (exact) mass is 385 g/mol. The molecule has 0 aliphatic heterocycles. The fourth-order valence-electron chi connectivity index (χ4n) is 1.98. The zero-order valence-corrected chi connectivity index (χ0v) is 14.5. The molecule has 2 rings (SSSR count). The van der Waals surface area contributed by atoms with E-state index in [1.54, 1.807) is 48.5 Å². The lowest BCUT2D eigenvalue weighted by Gasteiger charge is -2.07. The normalized spacial score (nSPS) is 9.83. The van der Waals surface area contributed by atoms with Gasteiger partial charge < -0.3 is 10.6 Å². The second kappa shape index (κ2) is 8.85. The molecule has 5 nitrogen and oxygen atoms in total. The van der Waals surface area contributed by atoms with E-state index in [0.717, 1.165) is 10.0 Å². The number of nitrogens with zero attached hydrogens (tertiary/aromatic N) is 1. The highest BCUT2D eigenvalue weighted by Crippen LogP contribution is 2.10. The highest BCUT2D eigenvalue weighted by molar-refractivity contribution is 9.10. The minimum atomic E-state index is -0.206. The van der Waals surface area contributed by atoms with Crippen LogP contribution in [0.5, 0.6) is 0 Å². The molecule has 0 saturated carbocycles. The van der Waals surface area contributed by atoms with E-state index in [9.17, 15) is 9.59 Å². The topological polar surface area (TPSA) is 82.0 Å². The number of carbonyl (C=O) groups excluding carboxylic acids is 2. The van der Waals surface area contributed by atoms with E-state index in [1.165, 1.54) is 0 Å². The van der Waals surface area contributed by atoms with Crippen molar-refractivity contribution in [1.82, 2.24) is 10.6 Å². The molecular weight excluding hydrogens is 370 g/mol. The molecule has 0 saturated heterocycles. The molecule has 2 aromatic rings. The molecule has 24 heavy (non-hydrogen) atoms. The van der Waals surface area contributed by atoms with Crippen molar-refractivity contribution in [1.29, 1.82) is 5.26 Å². The van der Waals surface area contributed by atoms with E-state index in [2.05, 4.69) is 26.6 Å². The summed E-state index contributed by atoms with van der Waals surface area (Å²) >= 11 is 3.31. The molecule has 0 aromatic heterocycles. The first-order valence-corrected chi connectivity index (χ1v) is 8.17. The average molecular weight is 386 g/mol. The summed E-state index contributed by atoms with van der Waals surface area (Å²) in [5, 5.41) is 14.2. The average Bonchev–Trinajstić information content (AvgIpc) is 2.61. The number of hydrogen-bond donors (Lipinski definition) is 2. The quantitative estimate of drug-likeness (QED) is 0.801. The number of nitrogens with one attached hydrogen (secondary N) is 2. The van der Waals surface area contributed by atoms with Crippen molar-refractivity contribution >= 4 is 27.7 Å². The lowest BCUT2D eigenvalue weighted by Crippen LogP contribution is -2.30. The second-order valence-electron chi connectivity index (χ2n) is 5.10. The van der Waals surface area contributed by atoms with Crippen molar-refractivity contribution in [3.05, 3.63) is 69.7 Å². The van der Waals surface area contributed by atoms with Gasteiger partial charge in [0, 0.05) is 29.5 Å². The van der Waals surface area contributed by atoms with Gasteiger partial charge in [0.15, 0.2) is 0 Å². The van der Waals surface area contributed by atoms with Crippen LogP contribution in [0.3, 0.4) is 0 Å². The Morgan fingerprint density at radius 1 is 1.00 bits per heavy atom. The summed E-state index contributed by atoms with van der Waals surface area (Å²) in [6.45, 7) is 0.666. The highest BCUT2D eigenvalue weighted by atomic mass is 79.9. The number of carbonyl (C=O) groups is 2. The zero-order chi connectivity index (χ0) is 17.4. The van der Waals surface area contributed by atoms with E-state index < -0.39 is 0 Å². The predicted octanol–water partition coefficient (Wildman–Crippen LogP) is 2.76. The first kappa shape index (κ1) is 17.7. The van der Waals surface area contributed by atoms with Crippen LogP contribution in [-0.2, 0) is 11.3 Å². The van der Waals surface area contributed by atoms with E-state index >= 15 is 0 Å². The maximum Gasteiger partial charge on any atom is 0.251 e. The van der Waals surface area contributed by atoms with Gasteiger partial charge in [0.05, 0.1) is 11.6 Å². The highest BCUT2D eigenvalue weighted by Gasteiger charge is 2.06. The standard InChI is InChI=1S/C18H16BrN3O2/c19-16-7-5-15(6-8-16)18(24)21-10-9-17(23)22-12-14-3-1-13(11-20)2-4-14/h1-8H,9-10,12H2,(H,21,24)(H,22,23). The van der Waals surface area contributed by atoms with E-state index in [4.69, 9.17) is 5.26 Å². The molecule has 0 fully saturated rings. The Morgan fingerprint density at radius 2 is 1.67 bits per heavy atom. The zero-order valence-electron chi connectivity index (χ0n) is 12.9. The number of nitriles is 1. The molecule has 0 aliphatic carbocycles. The van der Waals surface area contributed by atoms with E-state index in [-0.39, 0.29) is 24.8 Å². The molecule has 6 heteroatoms. The van der Waals surface area contributed by atoms with Gasteiger partial charge in [-0.15, -0.1) is 0 Å². The van der Waals surface area contributed by atoms with Crippen molar-refractivity contribution in [3.8, 4) is 6.07 Å². The summed E-state index contributed by atoms with van der Waals surface area (Å²) in [4.78, 5) is 23.7. The maximum absolute atomic E-state index is 11.9. The second-order valence-corrected chi connectivity index (χ2v) is 6.01. The third-order valence-electron chi connectivity index (χ3n) is 3.32. The third-order valence-corrected chi connectivity index (χ3v) is 3.85. The van der Waals surface area contributed by atoms with Gasteiger partial charge in [-0.05, 0) is 42.0 Å². The molecule has 2 amide bonds. The lowest BCUT2D eigenvalue weighted by molar-refractivity contribution is -0.121. The Morgan fingerprint density at radius 3 is 2.29 bits per heavy atom. The van der Waals surface area contributed by atoms with Gasteiger partial charge >= 0.3 is 0 Å². The van der Waals surface area contributed by atoms with Gasteiger partial charge in [0.2, 0.25) is 5.91 Å². The van der Waals surface area contributed by atoms with Crippen LogP contribution in [0.1, 0.15) is 27.9 Å². The van der Waals surface area contributed by atoms with Gasteiger partial charge in [-0.25, -0.2) is 0 Å². The molecule has 0 aliphatic rings. The van der Waals surface area contributed by atoms with Crippen LogP contribution in [0.2, 0.25) is 0 Å². The summed E-state index contributed by atoms with van der Waals surface area (Å²) in [7, 11) is 0. The number of halogens is 1. The fraction of sp³-hybridized carbons (Fsp3) is 0.167. The molecule has 2 aromatic carbocycles. The van der Waals surface area contributed by atoms with E-state index in [1.807, 2.05) is 6.07 Å². The molecule has 122 valence electrons. The van der Waals surface area contributed by atoms with Gasteiger partial charge in [0.1, 0.15) is 0 Å². The number of benzene rings is 2. The Labute approximate surface area is 148 Å². The molecular formula is C18H16BrN3O2. The summed E-state index contributed by atoms with van der Waals surface area (Å²) in [5.41, 5.74) is 2.05. The number of hydrogen-bond acceptors (Lipinski definition) is 3. The van der Waals surface area contributed by atoms with Crippen LogP contribution >= 0.6 is 15.9 Å². The van der Waals surface area contributed by atoms with Crippen LogP contribution in [-0.4, -0.2) is 18.4 Å². The third kappa shape index (κ3) is 5.52. The Hall–Kier alpha value is -2.65. The predicted molar refractivity (Wildman–Crippen MR) is 94.1 cm³/mol. The van der Waals surface area contributed by atoms with Crippen LogP contribution < -0.4 is 10.6 Å². The van der Waals surface area contributed by atoms with Gasteiger partial charge in [-0.2, -0.15) is 5.26 Å². The molecule has 0 atom stereocenters. The molecule has 2 N–H and O–H groups in total. The number of rotatable bonds is 6. The Bertz CT molecular complexity index is 749. The molecule has 0 radical (unpaired) electrons. The molecule has 0 unspecified atom stereocenters. The Balaban J connectivity index is 1.70. The van der Waals surface area contributed by atoms with Crippen molar-refractivity contribution in [3.63, 3.8) is 0 Å². The lowest BCUT2D eigenvalue weighted by atomic mass is 10.1. The summed E-state index contributed by atoms with van der Waals surface area (Å²) < 4.78 is 0.904. The minimum absolute atomic E-state index is 0.143. The molecule has 0 heterocycles. The van der Waals surface area contributed by atoms with Crippen molar-refractivity contribution < 1.29 is 9.59 Å². The first-order valence-electron chi connectivity index (χ1n) is 7.38. The first-order chi connectivity index (χ1) is 11.6. The van der Waals surface area contributed by atoms with Crippen LogP contribution in [0.25, 0.3) is 0 Å². The maximum atomic E-state index is 11.9. The summed E-state index contributed by atoms with van der Waals surface area (Å²) in [6.07, 6.45) is 0.207. The summed E-state index contributed by atoms with van der Waals surface area (Å²) in [6, 6.07) is 16.1. The van der Waals surface area contributed by atoms with Gasteiger partial charge in [-0.1, -0.05) is 28.1 Å². The largest absolute Gasteiger partial charge is 0.352 e. The fourth-order valence-corrected chi connectivity index (χ4v) is 2.24. The van der Waals surface area contributed by atoms with Crippen LogP contribution in [0, 0.1) is 11.3 Å². The van der Waals surface area contributed by atoms with Crippen LogP contribution in [0.4, 0.5) is 0 Å². The van der Waals surface area contributed by atoms with Crippen molar-refractivity contribution in [2.45, 2.75) is 13.0 Å². The SMILES string of the molecule is N#Cc1ccc(CNC(=O)CCNC(=O)c2ccc(Br)cc2)cc1. The van der Waals surface area contributed by atoms with E-state index in [0.29, 0.717) is 17.7 Å². The summed E-state index contributed by atoms with van der Waals surface area (Å²) in [5.74, 6) is -0.349. The van der Waals surface area contributed by atoms with Gasteiger partial charge in [0.25, 0.3) is 5.91 Å². The molecule has 0 bridgehead atoms. The van der Waals surface area contributed by atoms with Crippen molar-refractivity contribution in [2.75, 3.05) is 6.54 Å². The van der Waals surface area contributed by atoms with Crippen molar-refractivity contribution in [2.24, 2.45) is 0 Å². The molecule has 0 spiro atoms. The van der Waals surface area contributed by atoms with Gasteiger partial charge in [-0.3, -0.25) is 9.59 Å². The number of amides is 2. The smallest absolute Gasteiger partial charge is 0.251 e. The minimum Gasteiger partial charge on any atom is -0.352 e.